The van der Waals surface area contributed by atoms with E-state index in [2.05, 4.69) is 30.7 Å². The van der Waals surface area contributed by atoms with Crippen LogP contribution >= 0.6 is 12.2 Å². The first kappa shape index (κ1) is 11.2. The zero-order valence-corrected chi connectivity index (χ0v) is 8.03. The molecular weight excluding hydrogens is 165 g/mol. The first-order valence-electron chi connectivity index (χ1n) is 3.60. The molecule has 0 aromatic carbocycles. The van der Waals surface area contributed by atoms with E-state index in [0.717, 1.165) is 5.57 Å². The Hall–Kier alpha value is -0.825. The fourth-order valence-corrected chi connectivity index (χ4v) is 0.675. The van der Waals surface area contributed by atoms with E-state index in [4.69, 9.17) is 7.85 Å². The summed E-state index contributed by atoms with van der Waals surface area (Å²) in [6, 6.07) is 0. The average Bonchev–Trinajstić information content (AvgIpc) is 2.00. The van der Waals surface area contributed by atoms with E-state index >= 15 is 0 Å². The minimum Gasteiger partial charge on any atom is -0.353 e. The molecule has 62 valence electrons. The summed E-state index contributed by atoms with van der Waals surface area (Å²) in [5.74, 6) is 0.0297. The summed E-state index contributed by atoms with van der Waals surface area (Å²) in [5, 5.41) is 2.77. The fourth-order valence-electron chi connectivity index (χ4n) is 0.532. The van der Waals surface area contributed by atoms with Gasteiger partial charge in [-0.15, -0.1) is 0 Å². The van der Waals surface area contributed by atoms with E-state index < -0.39 is 0 Å². The maximum absolute atomic E-state index is 5.51. The van der Waals surface area contributed by atoms with Crippen molar-refractivity contribution in [2.24, 2.45) is 0 Å². The van der Waals surface area contributed by atoms with Gasteiger partial charge in [-0.1, -0.05) is 50.3 Å². The number of hydrogen-bond acceptors (Lipinski definition) is 1. The monoisotopic (exact) mass is 177 g/mol. The quantitative estimate of drug-likeness (QED) is 0.392. The summed E-state index contributed by atoms with van der Waals surface area (Å²) in [6.45, 7) is 9.38. The minimum absolute atomic E-state index is 0.0297. The number of allylic oxidation sites excluding steroid dienone is 2. The molecule has 3 heteroatoms. The molecule has 0 aliphatic rings. The van der Waals surface area contributed by atoms with Gasteiger partial charge in [-0.3, -0.25) is 0 Å². The van der Waals surface area contributed by atoms with Crippen molar-refractivity contribution in [2.45, 2.75) is 12.7 Å². The molecule has 0 aliphatic heterocycles. The molecule has 1 atom stereocenters. The van der Waals surface area contributed by atoms with E-state index in [1.54, 1.807) is 0 Å². The molecule has 12 heavy (non-hydrogen) atoms. The van der Waals surface area contributed by atoms with Gasteiger partial charge in [0.15, 0.2) is 0 Å². The highest BCUT2D eigenvalue weighted by Gasteiger charge is 1.92. The highest BCUT2D eigenvalue weighted by Crippen LogP contribution is 2.06. The molecule has 0 rings (SSSR count). The Labute approximate surface area is 80.7 Å². The standard InChI is InChI=1S/C9H12BNS/c1-7(4-5-8(2)10)9(3)11-6-12/h4-6,8H,1,3H2,2H3,(H,11,12)/b5-4-. The third-order valence-electron chi connectivity index (χ3n) is 1.22. The van der Waals surface area contributed by atoms with Crippen molar-refractivity contribution < 1.29 is 0 Å². The van der Waals surface area contributed by atoms with Gasteiger partial charge in [-0.2, -0.15) is 0 Å². The van der Waals surface area contributed by atoms with Gasteiger partial charge in [0.25, 0.3) is 0 Å². The SMILES string of the molecule is [B]C(C)/C=C\C(=C)C(=C)NC=S. The van der Waals surface area contributed by atoms with Crippen molar-refractivity contribution in [3.63, 3.8) is 0 Å². The van der Waals surface area contributed by atoms with Crippen LogP contribution in [0.15, 0.2) is 36.6 Å². The Balaban J connectivity index is 4.03. The van der Waals surface area contributed by atoms with Crippen molar-refractivity contribution in [1.29, 1.82) is 0 Å². The predicted octanol–water partition coefficient (Wildman–Crippen LogP) is 2.14. The molecule has 1 unspecified atom stereocenters. The molecule has 0 saturated heterocycles. The zero-order chi connectivity index (χ0) is 9.56. The molecule has 2 radical (unpaired) electrons. The molecule has 0 saturated carbocycles. The van der Waals surface area contributed by atoms with Gasteiger partial charge < -0.3 is 5.32 Å². The first-order valence-corrected chi connectivity index (χ1v) is 4.07. The van der Waals surface area contributed by atoms with E-state index in [-0.39, 0.29) is 5.82 Å². The van der Waals surface area contributed by atoms with Crippen LogP contribution in [0.1, 0.15) is 6.92 Å². The summed E-state index contributed by atoms with van der Waals surface area (Å²) in [7, 11) is 5.51. The lowest BCUT2D eigenvalue weighted by molar-refractivity contribution is 1.18. The van der Waals surface area contributed by atoms with Gasteiger partial charge >= 0.3 is 0 Å². The summed E-state index contributed by atoms with van der Waals surface area (Å²) < 4.78 is 0. The van der Waals surface area contributed by atoms with Gasteiger partial charge in [-0.25, -0.2) is 0 Å². The summed E-state index contributed by atoms with van der Waals surface area (Å²) >= 11 is 4.60. The summed E-state index contributed by atoms with van der Waals surface area (Å²) in [6.07, 6.45) is 3.66. The van der Waals surface area contributed by atoms with Crippen molar-refractivity contribution in [3.05, 3.63) is 36.6 Å². The van der Waals surface area contributed by atoms with Crippen molar-refractivity contribution >= 4 is 25.6 Å². The first-order chi connectivity index (χ1) is 5.57. The Bertz CT molecular complexity index is 219. The predicted molar refractivity (Wildman–Crippen MR) is 59.4 cm³/mol. The second kappa shape index (κ2) is 5.78. The highest BCUT2D eigenvalue weighted by molar-refractivity contribution is 7.78. The summed E-state index contributed by atoms with van der Waals surface area (Å²) in [4.78, 5) is 0. The molecule has 0 bridgehead atoms. The Morgan fingerprint density at radius 1 is 1.58 bits per heavy atom. The third-order valence-corrected chi connectivity index (χ3v) is 1.34. The molecular formula is C9H12BNS. The van der Waals surface area contributed by atoms with Crippen molar-refractivity contribution in [2.75, 3.05) is 0 Å². The molecule has 0 spiro atoms. The van der Waals surface area contributed by atoms with E-state index in [0.29, 0.717) is 5.70 Å². The number of hydrogen-bond donors (Lipinski definition) is 1. The summed E-state index contributed by atoms with van der Waals surface area (Å²) in [5.41, 5.74) is 2.88. The van der Waals surface area contributed by atoms with Gasteiger partial charge in [0.1, 0.15) is 0 Å². The molecule has 0 amide bonds. The van der Waals surface area contributed by atoms with Gasteiger partial charge in [-0.05, 0) is 5.57 Å². The van der Waals surface area contributed by atoms with Crippen molar-refractivity contribution in [1.82, 2.24) is 5.32 Å². The Morgan fingerprint density at radius 2 is 2.17 bits per heavy atom. The van der Waals surface area contributed by atoms with Crippen molar-refractivity contribution in [3.8, 4) is 0 Å². The maximum Gasteiger partial charge on any atom is 0.0751 e. The lowest BCUT2D eigenvalue weighted by atomic mass is 9.89. The van der Waals surface area contributed by atoms with Crippen LogP contribution in [-0.2, 0) is 0 Å². The van der Waals surface area contributed by atoms with Gasteiger partial charge in [0.05, 0.1) is 13.3 Å². The van der Waals surface area contributed by atoms with Crippen LogP contribution in [0.2, 0.25) is 5.82 Å². The minimum atomic E-state index is 0.0297. The number of thiocarbonyl (C=S) groups is 1. The zero-order valence-electron chi connectivity index (χ0n) is 7.21. The molecule has 0 heterocycles. The maximum atomic E-state index is 5.51. The second-order valence-corrected chi connectivity index (χ2v) is 2.72. The average molecular weight is 177 g/mol. The van der Waals surface area contributed by atoms with Crippen LogP contribution in [-0.4, -0.2) is 13.3 Å². The molecule has 1 N–H and O–H groups in total. The van der Waals surface area contributed by atoms with Gasteiger partial charge in [0.2, 0.25) is 0 Å². The smallest absolute Gasteiger partial charge is 0.0751 e. The Morgan fingerprint density at radius 3 is 2.58 bits per heavy atom. The lowest BCUT2D eigenvalue weighted by Crippen LogP contribution is -2.08. The van der Waals surface area contributed by atoms with Crippen LogP contribution in [0.5, 0.6) is 0 Å². The fraction of sp³-hybridized carbons (Fsp3) is 0.222. The normalized spacial score (nSPS) is 12.4. The second-order valence-electron chi connectivity index (χ2n) is 2.48. The van der Waals surface area contributed by atoms with E-state index in [9.17, 15) is 0 Å². The Kier molecular flexibility index (Phi) is 5.38. The van der Waals surface area contributed by atoms with E-state index in [1.807, 2.05) is 19.1 Å². The number of nitrogens with one attached hydrogen (secondary N) is 1. The van der Waals surface area contributed by atoms with Crippen LogP contribution < -0.4 is 5.32 Å². The molecule has 0 fully saturated rings. The molecule has 0 aliphatic carbocycles. The van der Waals surface area contributed by atoms with E-state index in [1.165, 1.54) is 5.49 Å². The lowest BCUT2D eigenvalue weighted by Gasteiger charge is -2.03. The van der Waals surface area contributed by atoms with Crippen LogP contribution in [0.25, 0.3) is 0 Å². The van der Waals surface area contributed by atoms with Gasteiger partial charge in [0, 0.05) is 5.70 Å². The van der Waals surface area contributed by atoms with Crippen LogP contribution in [0.3, 0.4) is 0 Å². The molecule has 0 aromatic heterocycles. The molecule has 1 nitrogen and oxygen atoms in total. The van der Waals surface area contributed by atoms with Crippen LogP contribution in [0.4, 0.5) is 0 Å². The molecule has 0 aromatic rings. The van der Waals surface area contributed by atoms with Crippen LogP contribution in [0, 0.1) is 0 Å². The topological polar surface area (TPSA) is 12.0 Å². The number of rotatable bonds is 5. The highest BCUT2D eigenvalue weighted by atomic mass is 32.1. The largest absolute Gasteiger partial charge is 0.353 e. The third kappa shape index (κ3) is 4.91.